The molecule has 0 atom stereocenters. The minimum absolute atomic E-state index is 0.0189. The molecule has 0 N–H and O–H groups in total. The lowest BCUT2D eigenvalue weighted by Crippen LogP contribution is -2.01. The van der Waals surface area contributed by atoms with Crippen LogP contribution >= 0.6 is 22.9 Å². The highest BCUT2D eigenvalue weighted by atomic mass is 35.5. The molecule has 2 aromatic rings. The van der Waals surface area contributed by atoms with Crippen LogP contribution in [0.1, 0.15) is 15.2 Å². The maximum atomic E-state index is 11.9. The van der Waals surface area contributed by atoms with Gasteiger partial charge in [-0.2, -0.15) is 0 Å². The van der Waals surface area contributed by atoms with E-state index in [1.165, 1.54) is 23.5 Å². The standard InChI is InChI=1S/C12H8ClNO3S/c13-12-6-5-11(18-12)10(15)7-8-1-3-9(4-2-8)14(16)17/h1-6H,7H2. The van der Waals surface area contributed by atoms with Crippen LogP contribution in [-0.2, 0) is 6.42 Å². The summed E-state index contributed by atoms with van der Waals surface area (Å²) < 4.78 is 0.571. The van der Waals surface area contributed by atoms with E-state index >= 15 is 0 Å². The SMILES string of the molecule is O=C(Cc1ccc([N+](=O)[O-])cc1)c1ccc(Cl)s1. The van der Waals surface area contributed by atoms with Gasteiger partial charge in [0, 0.05) is 18.6 Å². The van der Waals surface area contributed by atoms with Gasteiger partial charge in [0.25, 0.3) is 5.69 Å². The third-order valence-electron chi connectivity index (χ3n) is 2.36. The monoisotopic (exact) mass is 281 g/mol. The molecule has 0 spiro atoms. The van der Waals surface area contributed by atoms with Crippen molar-refractivity contribution in [3.05, 3.63) is 61.3 Å². The van der Waals surface area contributed by atoms with Gasteiger partial charge in [0.05, 0.1) is 14.1 Å². The van der Waals surface area contributed by atoms with Crippen molar-refractivity contribution < 1.29 is 9.72 Å². The molecule has 6 heteroatoms. The van der Waals surface area contributed by atoms with Gasteiger partial charge < -0.3 is 0 Å². The molecule has 0 aliphatic carbocycles. The molecule has 1 heterocycles. The Morgan fingerprint density at radius 3 is 2.39 bits per heavy atom. The summed E-state index contributed by atoms with van der Waals surface area (Å²) in [5.74, 6) is -0.0410. The lowest BCUT2D eigenvalue weighted by molar-refractivity contribution is -0.384. The van der Waals surface area contributed by atoms with E-state index in [1.54, 1.807) is 24.3 Å². The summed E-state index contributed by atoms with van der Waals surface area (Å²) in [5.41, 5.74) is 0.764. The number of hydrogen-bond acceptors (Lipinski definition) is 4. The molecule has 0 aliphatic rings. The highest BCUT2D eigenvalue weighted by Gasteiger charge is 2.11. The van der Waals surface area contributed by atoms with Crippen molar-refractivity contribution >= 4 is 34.4 Å². The largest absolute Gasteiger partial charge is 0.293 e. The number of carbonyl (C=O) groups is 1. The summed E-state index contributed by atoms with van der Waals surface area (Å²) in [7, 11) is 0. The van der Waals surface area contributed by atoms with Crippen LogP contribution in [0, 0.1) is 10.1 Å². The third kappa shape index (κ3) is 2.94. The van der Waals surface area contributed by atoms with Crippen LogP contribution in [0.4, 0.5) is 5.69 Å². The van der Waals surface area contributed by atoms with Crippen molar-refractivity contribution in [2.75, 3.05) is 0 Å². The molecule has 0 saturated heterocycles. The zero-order valence-corrected chi connectivity index (χ0v) is 10.7. The summed E-state index contributed by atoms with van der Waals surface area (Å²) >= 11 is 6.99. The highest BCUT2D eigenvalue weighted by Crippen LogP contribution is 2.23. The quantitative estimate of drug-likeness (QED) is 0.487. The minimum Gasteiger partial charge on any atom is -0.293 e. The van der Waals surface area contributed by atoms with Gasteiger partial charge in [-0.25, -0.2) is 0 Å². The van der Waals surface area contributed by atoms with E-state index in [0.717, 1.165) is 5.56 Å². The Labute approximate surface area is 112 Å². The maximum Gasteiger partial charge on any atom is 0.269 e. The number of benzene rings is 1. The summed E-state index contributed by atoms with van der Waals surface area (Å²) in [6.07, 6.45) is 0.217. The van der Waals surface area contributed by atoms with Crippen molar-refractivity contribution in [2.24, 2.45) is 0 Å². The van der Waals surface area contributed by atoms with Crippen LogP contribution in [0.25, 0.3) is 0 Å². The topological polar surface area (TPSA) is 60.2 Å². The Balaban J connectivity index is 2.10. The van der Waals surface area contributed by atoms with Crippen LogP contribution in [0.15, 0.2) is 36.4 Å². The number of Topliss-reactive ketones (excluding diaryl/α,β-unsaturated/α-hetero) is 1. The Bertz CT molecular complexity index is 592. The van der Waals surface area contributed by atoms with E-state index in [0.29, 0.717) is 9.21 Å². The number of carbonyl (C=O) groups excluding carboxylic acids is 1. The molecule has 0 bridgehead atoms. The van der Waals surface area contributed by atoms with Crippen LogP contribution in [-0.4, -0.2) is 10.7 Å². The average molecular weight is 282 g/mol. The molecule has 0 radical (unpaired) electrons. The molecule has 92 valence electrons. The first kappa shape index (κ1) is 12.7. The fourth-order valence-corrected chi connectivity index (χ4v) is 2.45. The molecule has 18 heavy (non-hydrogen) atoms. The van der Waals surface area contributed by atoms with Crippen LogP contribution in [0.3, 0.4) is 0 Å². The summed E-state index contributed by atoms with van der Waals surface area (Å²) in [6, 6.07) is 9.32. The number of nitrogens with zero attached hydrogens (tertiary/aromatic N) is 1. The van der Waals surface area contributed by atoms with Gasteiger partial charge >= 0.3 is 0 Å². The molecule has 0 unspecified atom stereocenters. The fourth-order valence-electron chi connectivity index (χ4n) is 1.47. The lowest BCUT2D eigenvalue weighted by atomic mass is 10.1. The first-order valence-corrected chi connectivity index (χ1v) is 6.27. The summed E-state index contributed by atoms with van der Waals surface area (Å²) in [4.78, 5) is 22.5. The molecule has 4 nitrogen and oxygen atoms in total. The average Bonchev–Trinajstić information content (AvgIpc) is 2.76. The number of nitro benzene ring substituents is 1. The van der Waals surface area contributed by atoms with Crippen molar-refractivity contribution in [2.45, 2.75) is 6.42 Å². The molecule has 0 amide bonds. The first-order chi connectivity index (χ1) is 8.56. The van der Waals surface area contributed by atoms with E-state index in [4.69, 9.17) is 11.6 Å². The van der Waals surface area contributed by atoms with Crippen LogP contribution in [0.2, 0.25) is 4.34 Å². The van der Waals surface area contributed by atoms with Crippen molar-refractivity contribution in [1.29, 1.82) is 0 Å². The van der Waals surface area contributed by atoms with Gasteiger partial charge in [-0.1, -0.05) is 23.7 Å². The Morgan fingerprint density at radius 1 is 1.22 bits per heavy atom. The number of nitro groups is 1. The predicted octanol–water partition coefficient (Wildman–Crippen LogP) is 3.74. The molecular formula is C12H8ClNO3S. The van der Waals surface area contributed by atoms with E-state index in [9.17, 15) is 14.9 Å². The Kier molecular flexibility index (Phi) is 3.74. The Hall–Kier alpha value is -1.72. The van der Waals surface area contributed by atoms with Gasteiger partial charge in [-0.3, -0.25) is 14.9 Å². The Morgan fingerprint density at radius 2 is 1.89 bits per heavy atom. The molecule has 0 saturated carbocycles. The van der Waals surface area contributed by atoms with Gasteiger partial charge in [0.15, 0.2) is 5.78 Å². The van der Waals surface area contributed by atoms with E-state index < -0.39 is 4.92 Å². The number of rotatable bonds is 4. The smallest absolute Gasteiger partial charge is 0.269 e. The second-order valence-electron chi connectivity index (χ2n) is 3.63. The highest BCUT2D eigenvalue weighted by molar-refractivity contribution is 7.18. The van der Waals surface area contributed by atoms with Gasteiger partial charge in [-0.05, 0) is 17.7 Å². The lowest BCUT2D eigenvalue weighted by Gasteiger charge is -1.99. The molecule has 1 aromatic carbocycles. The molecule has 2 rings (SSSR count). The normalized spacial score (nSPS) is 10.3. The number of hydrogen-bond donors (Lipinski definition) is 0. The number of halogens is 1. The first-order valence-electron chi connectivity index (χ1n) is 5.08. The van der Waals surface area contributed by atoms with E-state index in [2.05, 4.69) is 0 Å². The fraction of sp³-hybridized carbons (Fsp3) is 0.0833. The van der Waals surface area contributed by atoms with Crippen molar-refractivity contribution in [1.82, 2.24) is 0 Å². The van der Waals surface area contributed by atoms with Crippen LogP contribution < -0.4 is 0 Å². The molecule has 0 aliphatic heterocycles. The van der Waals surface area contributed by atoms with E-state index in [-0.39, 0.29) is 17.9 Å². The summed E-state index contributed by atoms with van der Waals surface area (Å²) in [5, 5.41) is 10.5. The van der Waals surface area contributed by atoms with Crippen LogP contribution in [0.5, 0.6) is 0 Å². The van der Waals surface area contributed by atoms with Crippen molar-refractivity contribution in [3.8, 4) is 0 Å². The second-order valence-corrected chi connectivity index (χ2v) is 5.34. The predicted molar refractivity (Wildman–Crippen MR) is 70.5 cm³/mol. The summed E-state index contributed by atoms with van der Waals surface area (Å²) in [6.45, 7) is 0. The third-order valence-corrected chi connectivity index (χ3v) is 3.63. The van der Waals surface area contributed by atoms with Gasteiger partial charge in [0.2, 0.25) is 0 Å². The van der Waals surface area contributed by atoms with Gasteiger partial charge in [0.1, 0.15) is 0 Å². The zero-order chi connectivity index (χ0) is 13.1. The van der Waals surface area contributed by atoms with Crippen molar-refractivity contribution in [3.63, 3.8) is 0 Å². The number of non-ortho nitro benzene ring substituents is 1. The second kappa shape index (κ2) is 5.29. The zero-order valence-electron chi connectivity index (χ0n) is 9.13. The minimum atomic E-state index is -0.468. The molecule has 0 fully saturated rings. The van der Waals surface area contributed by atoms with Gasteiger partial charge in [-0.15, -0.1) is 11.3 Å². The maximum absolute atomic E-state index is 11.9. The molecule has 1 aromatic heterocycles. The van der Waals surface area contributed by atoms with E-state index in [1.807, 2.05) is 0 Å². The number of ketones is 1. The molecular weight excluding hydrogens is 274 g/mol. The number of thiophene rings is 1.